The average molecular weight is 231 g/mol. The molecule has 1 heterocycles. The Labute approximate surface area is 101 Å². The summed E-state index contributed by atoms with van der Waals surface area (Å²) in [5, 5.41) is 3.18. The van der Waals surface area contributed by atoms with Gasteiger partial charge >= 0.3 is 0 Å². The van der Waals surface area contributed by atoms with Crippen LogP contribution in [-0.4, -0.2) is 7.05 Å². The summed E-state index contributed by atoms with van der Waals surface area (Å²) < 4.78 is 0. The monoisotopic (exact) mass is 231 g/mol. The normalized spacial score (nSPS) is 10.6. The summed E-state index contributed by atoms with van der Waals surface area (Å²) in [4.78, 5) is 2.75. The second-order valence-corrected chi connectivity index (χ2v) is 5.02. The van der Waals surface area contributed by atoms with Crippen LogP contribution in [0.3, 0.4) is 0 Å². The molecule has 1 aromatic carbocycles. The van der Waals surface area contributed by atoms with Crippen molar-refractivity contribution in [1.82, 2.24) is 5.32 Å². The highest BCUT2D eigenvalue weighted by Crippen LogP contribution is 2.28. The average Bonchev–Trinajstić information content (AvgIpc) is 2.78. The van der Waals surface area contributed by atoms with E-state index in [-0.39, 0.29) is 0 Å². The lowest BCUT2D eigenvalue weighted by Crippen LogP contribution is -2.02. The van der Waals surface area contributed by atoms with Crippen molar-refractivity contribution in [3.63, 3.8) is 0 Å². The highest BCUT2D eigenvalue weighted by molar-refractivity contribution is 7.15. The largest absolute Gasteiger partial charge is 0.315 e. The van der Waals surface area contributed by atoms with Gasteiger partial charge in [-0.1, -0.05) is 31.2 Å². The van der Waals surface area contributed by atoms with E-state index < -0.39 is 0 Å². The number of nitrogens with one attached hydrogen (secondary N) is 1. The van der Waals surface area contributed by atoms with Gasteiger partial charge in [0.1, 0.15) is 0 Å². The molecule has 2 heteroatoms. The molecule has 0 unspecified atom stereocenters. The van der Waals surface area contributed by atoms with Crippen molar-refractivity contribution < 1.29 is 0 Å². The van der Waals surface area contributed by atoms with E-state index in [0.717, 1.165) is 13.0 Å². The van der Waals surface area contributed by atoms with E-state index in [1.165, 1.54) is 20.9 Å². The first-order chi connectivity index (χ1) is 7.83. The van der Waals surface area contributed by atoms with Crippen LogP contribution in [0.1, 0.15) is 17.4 Å². The first-order valence-electron chi connectivity index (χ1n) is 5.66. The maximum absolute atomic E-state index is 3.18. The molecular formula is C14H17NS. The maximum atomic E-state index is 3.18. The molecule has 0 bridgehead atoms. The van der Waals surface area contributed by atoms with E-state index in [0.29, 0.717) is 0 Å². The van der Waals surface area contributed by atoms with Crippen molar-refractivity contribution in [2.45, 2.75) is 19.9 Å². The van der Waals surface area contributed by atoms with Crippen molar-refractivity contribution in [3.05, 3.63) is 46.8 Å². The first kappa shape index (κ1) is 11.4. The van der Waals surface area contributed by atoms with E-state index in [9.17, 15) is 0 Å². The zero-order valence-corrected chi connectivity index (χ0v) is 10.6. The molecule has 1 aromatic heterocycles. The van der Waals surface area contributed by atoms with E-state index in [1.807, 2.05) is 18.4 Å². The number of benzene rings is 1. The Kier molecular flexibility index (Phi) is 3.75. The minimum absolute atomic E-state index is 0.956. The lowest BCUT2D eigenvalue weighted by Gasteiger charge is -2.00. The molecule has 0 spiro atoms. The van der Waals surface area contributed by atoms with E-state index >= 15 is 0 Å². The number of thiophene rings is 1. The predicted octanol–water partition coefficient (Wildman–Crippen LogP) is 3.70. The van der Waals surface area contributed by atoms with Gasteiger partial charge in [-0.25, -0.2) is 0 Å². The summed E-state index contributed by atoms with van der Waals surface area (Å²) in [5.74, 6) is 0. The smallest absolute Gasteiger partial charge is 0.0346 e. The van der Waals surface area contributed by atoms with Gasteiger partial charge in [-0.3, -0.25) is 0 Å². The van der Waals surface area contributed by atoms with Crippen molar-refractivity contribution in [3.8, 4) is 10.4 Å². The molecule has 0 atom stereocenters. The van der Waals surface area contributed by atoms with Crippen molar-refractivity contribution >= 4 is 11.3 Å². The number of rotatable bonds is 4. The second-order valence-electron chi connectivity index (χ2n) is 3.85. The SMILES string of the molecule is CCc1cccc(-c2ccc(CNC)s2)c1. The molecule has 0 amide bonds. The van der Waals surface area contributed by atoms with E-state index in [1.54, 1.807) is 0 Å². The molecule has 2 aromatic rings. The summed E-state index contributed by atoms with van der Waals surface area (Å²) in [6, 6.07) is 13.2. The van der Waals surface area contributed by atoms with Crippen LogP contribution < -0.4 is 5.32 Å². The van der Waals surface area contributed by atoms with Crippen LogP contribution in [0.5, 0.6) is 0 Å². The van der Waals surface area contributed by atoms with Crippen LogP contribution >= 0.6 is 11.3 Å². The van der Waals surface area contributed by atoms with Gasteiger partial charge in [0.15, 0.2) is 0 Å². The molecule has 1 N–H and O–H groups in total. The van der Waals surface area contributed by atoms with Gasteiger partial charge in [0.2, 0.25) is 0 Å². The van der Waals surface area contributed by atoms with Gasteiger partial charge < -0.3 is 5.32 Å². The van der Waals surface area contributed by atoms with Crippen LogP contribution in [0.15, 0.2) is 36.4 Å². The molecule has 0 saturated heterocycles. The fourth-order valence-electron chi connectivity index (χ4n) is 1.75. The molecule has 0 saturated carbocycles. The highest BCUT2D eigenvalue weighted by atomic mass is 32.1. The van der Waals surface area contributed by atoms with Crippen LogP contribution in [0.4, 0.5) is 0 Å². The van der Waals surface area contributed by atoms with E-state index in [2.05, 4.69) is 48.6 Å². The zero-order chi connectivity index (χ0) is 11.4. The van der Waals surface area contributed by atoms with Gasteiger partial charge in [0, 0.05) is 16.3 Å². The summed E-state index contributed by atoms with van der Waals surface area (Å²) in [5.41, 5.74) is 2.74. The number of aryl methyl sites for hydroxylation is 1. The Morgan fingerprint density at radius 1 is 1.19 bits per heavy atom. The quantitative estimate of drug-likeness (QED) is 0.846. The topological polar surface area (TPSA) is 12.0 Å². The standard InChI is InChI=1S/C14H17NS/c1-3-11-5-4-6-12(9-11)14-8-7-13(16-14)10-15-2/h4-9,15H,3,10H2,1-2H3. The van der Waals surface area contributed by atoms with Crippen molar-refractivity contribution in [1.29, 1.82) is 0 Å². The molecule has 16 heavy (non-hydrogen) atoms. The fraction of sp³-hybridized carbons (Fsp3) is 0.286. The molecule has 0 aliphatic carbocycles. The third-order valence-corrected chi connectivity index (χ3v) is 3.77. The van der Waals surface area contributed by atoms with Gasteiger partial charge in [0.25, 0.3) is 0 Å². The fourth-order valence-corrected chi connectivity index (χ4v) is 2.76. The molecule has 0 aliphatic rings. The second kappa shape index (κ2) is 5.28. The van der Waals surface area contributed by atoms with Crippen LogP contribution in [0.2, 0.25) is 0 Å². The van der Waals surface area contributed by atoms with Crippen molar-refractivity contribution in [2.24, 2.45) is 0 Å². The molecule has 2 rings (SSSR count). The third kappa shape index (κ3) is 2.52. The van der Waals surface area contributed by atoms with Gasteiger partial charge in [-0.05, 0) is 36.7 Å². The van der Waals surface area contributed by atoms with Gasteiger partial charge in [-0.2, -0.15) is 0 Å². The summed E-state index contributed by atoms with van der Waals surface area (Å²) in [6.45, 7) is 3.15. The number of hydrogen-bond acceptors (Lipinski definition) is 2. The number of hydrogen-bond donors (Lipinski definition) is 1. The Hall–Kier alpha value is -1.12. The minimum Gasteiger partial charge on any atom is -0.315 e. The van der Waals surface area contributed by atoms with Crippen LogP contribution in [0, 0.1) is 0 Å². The van der Waals surface area contributed by atoms with Crippen LogP contribution in [-0.2, 0) is 13.0 Å². The van der Waals surface area contributed by atoms with Gasteiger partial charge in [0.05, 0.1) is 0 Å². The summed E-state index contributed by atoms with van der Waals surface area (Å²) in [7, 11) is 1.98. The maximum Gasteiger partial charge on any atom is 0.0346 e. The lowest BCUT2D eigenvalue weighted by molar-refractivity contribution is 0.831. The summed E-state index contributed by atoms with van der Waals surface area (Å²) >= 11 is 1.87. The Bertz CT molecular complexity index is 459. The van der Waals surface area contributed by atoms with Crippen LogP contribution in [0.25, 0.3) is 10.4 Å². The van der Waals surface area contributed by atoms with Gasteiger partial charge in [-0.15, -0.1) is 11.3 Å². The third-order valence-electron chi connectivity index (χ3n) is 2.63. The molecule has 0 aliphatic heterocycles. The molecule has 0 radical (unpaired) electrons. The minimum atomic E-state index is 0.956. The Morgan fingerprint density at radius 2 is 2.06 bits per heavy atom. The molecule has 84 valence electrons. The predicted molar refractivity (Wildman–Crippen MR) is 71.9 cm³/mol. The Balaban J connectivity index is 2.27. The highest BCUT2D eigenvalue weighted by Gasteiger charge is 2.02. The summed E-state index contributed by atoms with van der Waals surface area (Å²) in [6.07, 6.45) is 1.10. The molecule has 1 nitrogen and oxygen atoms in total. The zero-order valence-electron chi connectivity index (χ0n) is 9.79. The Morgan fingerprint density at radius 3 is 2.81 bits per heavy atom. The molecule has 0 fully saturated rings. The van der Waals surface area contributed by atoms with E-state index in [4.69, 9.17) is 0 Å². The molecular weight excluding hydrogens is 214 g/mol. The van der Waals surface area contributed by atoms with Crippen molar-refractivity contribution in [2.75, 3.05) is 7.05 Å². The lowest BCUT2D eigenvalue weighted by atomic mass is 10.1. The first-order valence-corrected chi connectivity index (χ1v) is 6.47.